The van der Waals surface area contributed by atoms with Crippen LogP contribution in [0.1, 0.15) is 65.7 Å². The average Bonchev–Trinajstić information content (AvgIpc) is 2.72. The summed E-state index contributed by atoms with van der Waals surface area (Å²) in [5, 5.41) is 41.9. The first-order valence-corrected chi connectivity index (χ1v) is 9.78. The Morgan fingerprint density at radius 3 is 2.33 bits per heavy atom. The lowest BCUT2D eigenvalue weighted by molar-refractivity contribution is -0.217. The first kappa shape index (κ1) is 17.3. The minimum atomic E-state index is -0.903. The van der Waals surface area contributed by atoms with Crippen molar-refractivity contribution in [3.63, 3.8) is 0 Å². The van der Waals surface area contributed by atoms with Gasteiger partial charge in [0.2, 0.25) is 0 Å². The number of hydrogen-bond acceptors (Lipinski definition) is 4. The van der Waals surface area contributed by atoms with Gasteiger partial charge in [0.25, 0.3) is 0 Å². The van der Waals surface area contributed by atoms with Crippen LogP contribution in [-0.2, 0) is 0 Å². The van der Waals surface area contributed by atoms with Crippen LogP contribution in [-0.4, -0.2) is 44.8 Å². The van der Waals surface area contributed by atoms with E-state index in [9.17, 15) is 20.4 Å². The van der Waals surface area contributed by atoms with Crippen molar-refractivity contribution < 1.29 is 20.4 Å². The molecule has 24 heavy (non-hydrogen) atoms. The maximum atomic E-state index is 10.9. The van der Waals surface area contributed by atoms with Gasteiger partial charge in [-0.1, -0.05) is 20.8 Å². The van der Waals surface area contributed by atoms with Crippen LogP contribution in [0.4, 0.5) is 0 Å². The standard InChI is InChI=1S/C20H34O4/c1-17(2)14-6-7-19-8-12(20(24,10-19)11-21)4-5-15(19)18(14,3)9-13(22)16(17)23/h12-16,21-24H,4-11H2,1-3H3/t12-,13-,14+,15-,16-,18+,19+,20+/m1/s1. The van der Waals surface area contributed by atoms with E-state index in [-0.39, 0.29) is 28.8 Å². The molecule has 4 N–H and O–H groups in total. The Balaban J connectivity index is 1.74. The van der Waals surface area contributed by atoms with Crippen LogP contribution in [0.2, 0.25) is 0 Å². The molecule has 0 saturated heterocycles. The number of fused-ring (bicyclic) bond motifs is 3. The summed E-state index contributed by atoms with van der Waals surface area (Å²) in [5.41, 5.74) is -1.06. The largest absolute Gasteiger partial charge is 0.393 e. The normalized spacial score (nSPS) is 58.9. The zero-order valence-electron chi connectivity index (χ0n) is 15.3. The van der Waals surface area contributed by atoms with Crippen molar-refractivity contribution in [2.45, 2.75) is 83.5 Å². The molecule has 0 unspecified atom stereocenters. The van der Waals surface area contributed by atoms with Crippen molar-refractivity contribution in [2.24, 2.45) is 34.0 Å². The predicted octanol–water partition coefficient (Wildman–Crippen LogP) is 2.08. The SMILES string of the molecule is CC1(C)[C@H](O)[C@H](O)C[C@@]2(C)[C@H]1CC[C@@]13C[C@@H](CC[C@@H]12)[C@@](O)(CO)C3. The van der Waals surface area contributed by atoms with E-state index in [0.717, 1.165) is 32.1 Å². The Labute approximate surface area is 145 Å². The van der Waals surface area contributed by atoms with Crippen LogP contribution in [0.5, 0.6) is 0 Å². The lowest BCUT2D eigenvalue weighted by Crippen LogP contribution is -2.63. The van der Waals surface area contributed by atoms with E-state index < -0.39 is 17.8 Å². The smallest absolute Gasteiger partial charge is 0.0910 e. The van der Waals surface area contributed by atoms with Crippen molar-refractivity contribution >= 4 is 0 Å². The number of hydrogen-bond donors (Lipinski definition) is 4. The van der Waals surface area contributed by atoms with E-state index in [0.29, 0.717) is 24.7 Å². The van der Waals surface area contributed by atoms with Crippen LogP contribution < -0.4 is 0 Å². The number of aliphatic hydroxyl groups excluding tert-OH is 3. The predicted molar refractivity (Wildman–Crippen MR) is 91.2 cm³/mol. The van der Waals surface area contributed by atoms with Gasteiger partial charge >= 0.3 is 0 Å². The topological polar surface area (TPSA) is 80.9 Å². The quantitative estimate of drug-likeness (QED) is 0.590. The second kappa shape index (κ2) is 4.97. The van der Waals surface area contributed by atoms with E-state index in [1.807, 2.05) is 0 Å². The number of rotatable bonds is 1. The van der Waals surface area contributed by atoms with E-state index >= 15 is 0 Å². The van der Waals surface area contributed by atoms with Crippen molar-refractivity contribution in [1.82, 2.24) is 0 Å². The molecule has 0 heterocycles. The van der Waals surface area contributed by atoms with Gasteiger partial charge in [-0.3, -0.25) is 0 Å². The maximum Gasteiger partial charge on any atom is 0.0910 e. The zero-order valence-corrected chi connectivity index (χ0v) is 15.3. The fraction of sp³-hybridized carbons (Fsp3) is 1.00. The lowest BCUT2D eigenvalue weighted by atomic mass is 9.40. The molecule has 0 radical (unpaired) electrons. The van der Waals surface area contributed by atoms with Gasteiger partial charge in [-0.05, 0) is 78.9 Å². The van der Waals surface area contributed by atoms with Gasteiger partial charge in [0.15, 0.2) is 0 Å². The van der Waals surface area contributed by atoms with E-state index in [4.69, 9.17) is 0 Å². The Hall–Kier alpha value is -0.160. The van der Waals surface area contributed by atoms with E-state index in [1.165, 1.54) is 0 Å². The minimum absolute atomic E-state index is 0.00602. The third-order valence-electron chi connectivity index (χ3n) is 9.08. The minimum Gasteiger partial charge on any atom is -0.393 e. The molecule has 4 aliphatic rings. The van der Waals surface area contributed by atoms with Gasteiger partial charge in [0.1, 0.15) is 0 Å². The maximum absolute atomic E-state index is 10.9. The van der Waals surface area contributed by atoms with Gasteiger partial charge in [0, 0.05) is 0 Å². The highest BCUT2D eigenvalue weighted by Gasteiger charge is 2.68. The fourth-order valence-corrected chi connectivity index (χ4v) is 8.17. The summed E-state index contributed by atoms with van der Waals surface area (Å²) in [7, 11) is 0. The lowest BCUT2D eigenvalue weighted by Gasteiger charge is -2.65. The Bertz CT molecular complexity index is 534. The Kier molecular flexibility index (Phi) is 3.57. The van der Waals surface area contributed by atoms with Crippen LogP contribution in [0.3, 0.4) is 0 Å². The number of aliphatic hydroxyl groups is 4. The third-order valence-corrected chi connectivity index (χ3v) is 9.08. The molecule has 4 saturated carbocycles. The van der Waals surface area contributed by atoms with Crippen molar-refractivity contribution in [1.29, 1.82) is 0 Å². The van der Waals surface area contributed by atoms with Gasteiger partial charge in [-0.2, -0.15) is 0 Å². The molecule has 0 amide bonds. The summed E-state index contributed by atoms with van der Waals surface area (Å²) in [5.74, 6) is 1.10. The van der Waals surface area contributed by atoms with Gasteiger partial charge in [-0.25, -0.2) is 0 Å². The summed E-state index contributed by atoms with van der Waals surface area (Å²) < 4.78 is 0. The fourth-order valence-electron chi connectivity index (χ4n) is 8.17. The van der Waals surface area contributed by atoms with E-state index in [2.05, 4.69) is 20.8 Å². The molecule has 0 aliphatic heterocycles. The van der Waals surface area contributed by atoms with Crippen LogP contribution in [0, 0.1) is 34.0 Å². The molecule has 4 heteroatoms. The van der Waals surface area contributed by atoms with Crippen LogP contribution in [0.15, 0.2) is 0 Å². The van der Waals surface area contributed by atoms with Crippen LogP contribution in [0.25, 0.3) is 0 Å². The Morgan fingerprint density at radius 2 is 1.67 bits per heavy atom. The summed E-state index contributed by atoms with van der Waals surface area (Å²) >= 11 is 0. The van der Waals surface area contributed by atoms with Crippen molar-refractivity contribution in [3.05, 3.63) is 0 Å². The third kappa shape index (κ3) is 1.94. The van der Waals surface area contributed by atoms with Gasteiger partial charge in [0.05, 0.1) is 24.4 Å². The Morgan fingerprint density at radius 1 is 0.958 bits per heavy atom. The molecule has 2 bridgehead atoms. The molecule has 4 fully saturated rings. The summed E-state index contributed by atoms with van der Waals surface area (Å²) in [4.78, 5) is 0. The molecular formula is C20H34O4. The van der Waals surface area contributed by atoms with Crippen molar-refractivity contribution in [3.8, 4) is 0 Å². The van der Waals surface area contributed by atoms with Gasteiger partial charge in [-0.15, -0.1) is 0 Å². The van der Waals surface area contributed by atoms with Crippen molar-refractivity contribution in [2.75, 3.05) is 6.61 Å². The molecule has 0 aromatic rings. The molecule has 8 atom stereocenters. The summed E-state index contributed by atoms with van der Waals surface area (Å²) in [6, 6.07) is 0. The first-order chi connectivity index (χ1) is 11.1. The summed E-state index contributed by atoms with van der Waals surface area (Å²) in [6.45, 7) is 6.44. The highest BCUT2D eigenvalue weighted by molar-refractivity contribution is 5.18. The zero-order chi connectivity index (χ0) is 17.5. The second-order valence-electron chi connectivity index (χ2n) is 10.5. The van der Waals surface area contributed by atoms with Gasteiger partial charge < -0.3 is 20.4 Å². The molecule has 4 aliphatic carbocycles. The molecule has 138 valence electrons. The van der Waals surface area contributed by atoms with Crippen LogP contribution >= 0.6 is 0 Å². The molecular weight excluding hydrogens is 304 g/mol. The van der Waals surface area contributed by atoms with E-state index in [1.54, 1.807) is 0 Å². The molecule has 0 aromatic heterocycles. The first-order valence-electron chi connectivity index (χ1n) is 9.78. The molecule has 1 spiro atoms. The second-order valence-corrected chi connectivity index (χ2v) is 10.5. The average molecular weight is 338 g/mol. The highest BCUT2D eigenvalue weighted by atomic mass is 16.3. The monoisotopic (exact) mass is 338 g/mol. The summed E-state index contributed by atoms with van der Waals surface area (Å²) in [6.07, 6.45) is 5.29. The highest BCUT2D eigenvalue weighted by Crippen LogP contribution is 2.72. The molecule has 4 nitrogen and oxygen atoms in total. The molecule has 4 rings (SSSR count). The molecule has 0 aromatic carbocycles.